The van der Waals surface area contributed by atoms with E-state index in [0.717, 1.165) is 17.0 Å². The fraction of sp³-hybridized carbons (Fsp3) is 0.133. The van der Waals surface area contributed by atoms with Gasteiger partial charge in [0, 0.05) is 6.20 Å². The van der Waals surface area contributed by atoms with Crippen LogP contribution in [0, 0.1) is 0 Å². The van der Waals surface area contributed by atoms with E-state index in [-0.39, 0.29) is 5.91 Å². The lowest BCUT2D eigenvalue weighted by atomic mass is 10.1. The van der Waals surface area contributed by atoms with Gasteiger partial charge in [-0.15, -0.1) is 10.2 Å². The molecule has 0 radical (unpaired) electrons. The van der Waals surface area contributed by atoms with Crippen molar-refractivity contribution in [1.29, 1.82) is 0 Å². The average Bonchev–Trinajstić information content (AvgIpc) is 2.95. The van der Waals surface area contributed by atoms with E-state index in [1.54, 1.807) is 36.2 Å². The molecule has 0 aliphatic heterocycles. The number of rotatable bonds is 4. The van der Waals surface area contributed by atoms with Crippen molar-refractivity contribution in [2.24, 2.45) is 0 Å². The highest BCUT2D eigenvalue weighted by Gasteiger charge is 2.05. The molecule has 3 aromatic rings. The number of nitrogens with zero attached hydrogens (tertiary/aromatic N) is 3. The Balaban J connectivity index is 1.67. The van der Waals surface area contributed by atoms with Crippen LogP contribution in [0.2, 0.25) is 0 Å². The number of hydrogen-bond donors (Lipinski definition) is 1. The fourth-order valence-electron chi connectivity index (χ4n) is 2.04. The van der Waals surface area contributed by atoms with Crippen molar-refractivity contribution in [2.75, 3.05) is 12.4 Å². The highest BCUT2D eigenvalue weighted by molar-refractivity contribution is 5.92. The molecule has 0 bridgehead atoms. The van der Waals surface area contributed by atoms with Gasteiger partial charge in [0.15, 0.2) is 5.65 Å². The Labute approximate surface area is 121 Å². The van der Waals surface area contributed by atoms with Gasteiger partial charge in [-0.05, 0) is 29.8 Å². The van der Waals surface area contributed by atoms with Crippen molar-refractivity contribution < 1.29 is 9.53 Å². The summed E-state index contributed by atoms with van der Waals surface area (Å²) in [4.78, 5) is 12.0. The Kier molecular flexibility index (Phi) is 3.51. The zero-order chi connectivity index (χ0) is 14.7. The molecule has 0 aliphatic carbocycles. The van der Waals surface area contributed by atoms with E-state index < -0.39 is 0 Å². The number of benzene rings is 1. The number of nitrogens with one attached hydrogen (secondary N) is 1. The van der Waals surface area contributed by atoms with Gasteiger partial charge >= 0.3 is 0 Å². The summed E-state index contributed by atoms with van der Waals surface area (Å²) in [5, 5.41) is 10.6. The van der Waals surface area contributed by atoms with Crippen molar-refractivity contribution in [3.63, 3.8) is 0 Å². The normalized spacial score (nSPS) is 10.5. The van der Waals surface area contributed by atoms with E-state index >= 15 is 0 Å². The Hall–Kier alpha value is -2.89. The summed E-state index contributed by atoms with van der Waals surface area (Å²) < 4.78 is 6.84. The summed E-state index contributed by atoms with van der Waals surface area (Å²) in [6.07, 6.45) is 3.68. The monoisotopic (exact) mass is 282 g/mol. The minimum atomic E-state index is -0.0763. The van der Waals surface area contributed by atoms with Crippen molar-refractivity contribution in [3.8, 4) is 5.75 Å². The van der Waals surface area contributed by atoms with Crippen molar-refractivity contribution >= 4 is 17.2 Å². The second kappa shape index (κ2) is 5.62. The van der Waals surface area contributed by atoms with Gasteiger partial charge in [-0.25, -0.2) is 0 Å². The molecule has 6 nitrogen and oxygen atoms in total. The first-order chi connectivity index (χ1) is 10.2. The smallest absolute Gasteiger partial charge is 0.228 e. The van der Waals surface area contributed by atoms with Crippen LogP contribution in [-0.2, 0) is 11.2 Å². The maximum atomic E-state index is 12.0. The summed E-state index contributed by atoms with van der Waals surface area (Å²) in [7, 11) is 1.61. The number of anilines is 1. The standard InChI is InChI=1S/C15H14N4O2/c1-21-13-5-2-11(3-6-13)8-15(20)17-12-4-7-14-18-16-10-19(14)9-12/h2-7,9-10H,8H2,1H3,(H,17,20). The van der Waals surface area contributed by atoms with Crippen LogP contribution in [0.1, 0.15) is 5.56 Å². The summed E-state index contributed by atoms with van der Waals surface area (Å²) in [6.45, 7) is 0. The van der Waals surface area contributed by atoms with E-state index in [1.165, 1.54) is 0 Å². The molecule has 0 spiro atoms. The zero-order valence-corrected chi connectivity index (χ0v) is 11.5. The largest absolute Gasteiger partial charge is 0.497 e. The number of carbonyl (C=O) groups excluding carboxylic acids is 1. The SMILES string of the molecule is COc1ccc(CC(=O)Nc2ccc3nncn3c2)cc1. The van der Waals surface area contributed by atoms with Gasteiger partial charge in [-0.1, -0.05) is 12.1 Å². The number of methoxy groups -OCH3 is 1. The lowest BCUT2D eigenvalue weighted by molar-refractivity contribution is -0.115. The maximum Gasteiger partial charge on any atom is 0.228 e. The van der Waals surface area contributed by atoms with Crippen LogP contribution in [0.25, 0.3) is 5.65 Å². The molecule has 2 aromatic heterocycles. The highest BCUT2D eigenvalue weighted by Crippen LogP contribution is 2.13. The Morgan fingerprint density at radius 1 is 1.24 bits per heavy atom. The van der Waals surface area contributed by atoms with Gasteiger partial charge in [-0.2, -0.15) is 0 Å². The first kappa shape index (κ1) is 13.1. The summed E-state index contributed by atoms with van der Waals surface area (Å²) >= 11 is 0. The van der Waals surface area contributed by atoms with Crippen molar-refractivity contribution in [2.45, 2.75) is 6.42 Å². The number of hydrogen-bond acceptors (Lipinski definition) is 4. The van der Waals surface area contributed by atoms with E-state index in [2.05, 4.69) is 15.5 Å². The van der Waals surface area contributed by atoms with Crippen molar-refractivity contribution in [1.82, 2.24) is 14.6 Å². The highest BCUT2D eigenvalue weighted by atomic mass is 16.5. The molecule has 0 aliphatic rings. The summed E-state index contributed by atoms with van der Waals surface area (Å²) in [5.41, 5.74) is 2.38. The number of ether oxygens (including phenoxy) is 1. The molecule has 1 N–H and O–H groups in total. The van der Waals surface area contributed by atoms with Crippen LogP contribution in [0.3, 0.4) is 0 Å². The van der Waals surface area contributed by atoms with Gasteiger partial charge in [0.1, 0.15) is 12.1 Å². The topological polar surface area (TPSA) is 68.5 Å². The molecule has 0 atom stereocenters. The predicted octanol–water partition coefficient (Wildman–Crippen LogP) is 1.92. The average molecular weight is 282 g/mol. The van der Waals surface area contributed by atoms with E-state index in [0.29, 0.717) is 12.1 Å². The maximum absolute atomic E-state index is 12.0. The second-order valence-corrected chi connectivity index (χ2v) is 4.59. The third kappa shape index (κ3) is 3.00. The number of pyridine rings is 1. The molecule has 0 saturated carbocycles. The third-order valence-corrected chi connectivity index (χ3v) is 3.10. The molecular formula is C15H14N4O2. The van der Waals surface area contributed by atoms with Gasteiger partial charge < -0.3 is 10.1 Å². The number of fused-ring (bicyclic) bond motifs is 1. The minimum Gasteiger partial charge on any atom is -0.497 e. The Morgan fingerprint density at radius 3 is 2.81 bits per heavy atom. The molecule has 106 valence electrons. The van der Waals surface area contributed by atoms with E-state index in [4.69, 9.17) is 4.74 Å². The predicted molar refractivity (Wildman–Crippen MR) is 78.3 cm³/mol. The number of carbonyl (C=O) groups is 1. The lowest BCUT2D eigenvalue weighted by Crippen LogP contribution is -2.14. The molecule has 3 rings (SSSR count). The van der Waals surface area contributed by atoms with Crippen LogP contribution in [-0.4, -0.2) is 27.6 Å². The minimum absolute atomic E-state index is 0.0763. The van der Waals surface area contributed by atoms with Gasteiger partial charge in [0.05, 0.1) is 19.2 Å². The van der Waals surface area contributed by atoms with E-state index in [1.807, 2.05) is 24.3 Å². The molecule has 21 heavy (non-hydrogen) atoms. The zero-order valence-electron chi connectivity index (χ0n) is 11.5. The molecule has 2 heterocycles. The van der Waals surface area contributed by atoms with E-state index in [9.17, 15) is 4.79 Å². The number of amides is 1. The summed E-state index contributed by atoms with van der Waals surface area (Å²) in [6, 6.07) is 11.0. The van der Waals surface area contributed by atoms with Crippen LogP contribution in [0.5, 0.6) is 5.75 Å². The molecule has 6 heteroatoms. The Morgan fingerprint density at radius 2 is 2.05 bits per heavy atom. The first-order valence-corrected chi connectivity index (χ1v) is 6.47. The molecular weight excluding hydrogens is 268 g/mol. The molecule has 0 saturated heterocycles. The fourth-order valence-corrected chi connectivity index (χ4v) is 2.04. The van der Waals surface area contributed by atoms with Gasteiger partial charge in [0.25, 0.3) is 0 Å². The van der Waals surface area contributed by atoms with Crippen molar-refractivity contribution in [3.05, 3.63) is 54.5 Å². The lowest BCUT2D eigenvalue weighted by Gasteiger charge is -2.06. The van der Waals surface area contributed by atoms with Crippen LogP contribution < -0.4 is 10.1 Å². The van der Waals surface area contributed by atoms with Gasteiger partial charge in [-0.3, -0.25) is 9.20 Å². The Bertz CT molecular complexity index is 765. The summed E-state index contributed by atoms with van der Waals surface area (Å²) in [5.74, 6) is 0.699. The first-order valence-electron chi connectivity index (χ1n) is 6.47. The van der Waals surface area contributed by atoms with Gasteiger partial charge in [0.2, 0.25) is 5.91 Å². The quantitative estimate of drug-likeness (QED) is 0.793. The van der Waals surface area contributed by atoms with Crippen LogP contribution >= 0.6 is 0 Å². The van der Waals surface area contributed by atoms with Crippen LogP contribution in [0.15, 0.2) is 48.9 Å². The molecule has 0 fully saturated rings. The molecule has 1 amide bonds. The van der Waals surface area contributed by atoms with Crippen LogP contribution in [0.4, 0.5) is 5.69 Å². The third-order valence-electron chi connectivity index (χ3n) is 3.10. The molecule has 1 aromatic carbocycles. The number of aromatic nitrogens is 3. The molecule has 0 unspecified atom stereocenters. The second-order valence-electron chi connectivity index (χ2n) is 4.59.